The number of carbonyl (C=O) groups is 1. The Balaban J connectivity index is 1.58. The lowest BCUT2D eigenvalue weighted by molar-refractivity contribution is -0.121. The number of nitrogens with zero attached hydrogens (tertiary/aromatic N) is 2. The van der Waals surface area contributed by atoms with Crippen molar-refractivity contribution < 1.29 is 14.3 Å². The Hall–Kier alpha value is -2.12. The lowest BCUT2D eigenvalue weighted by atomic mass is 10.0. The van der Waals surface area contributed by atoms with Crippen LogP contribution in [0.5, 0.6) is 0 Å². The molecule has 0 aliphatic rings. The summed E-state index contributed by atoms with van der Waals surface area (Å²) in [5.74, 6) is 0.234. The maximum Gasteiger partial charge on any atom is 0.226 e. The molecule has 3 aromatic rings. The number of amides is 1. The van der Waals surface area contributed by atoms with Gasteiger partial charge in [0, 0.05) is 17.8 Å². The fourth-order valence-corrected chi connectivity index (χ4v) is 2.75. The molecule has 0 bridgehead atoms. The average Bonchev–Trinajstić information content (AvgIpc) is 3.12. The summed E-state index contributed by atoms with van der Waals surface area (Å²) in [7, 11) is 0. The molecule has 0 saturated carbocycles. The molecular weight excluding hydrogens is 290 g/mol. The van der Waals surface area contributed by atoms with Crippen LogP contribution in [0.25, 0.3) is 4.96 Å². The SMILES string of the molecule is CC(O)(CNC(=O)Cc1cn2ccsc2n1)c1ccco1. The maximum atomic E-state index is 11.9. The van der Waals surface area contributed by atoms with Gasteiger partial charge in [-0.15, -0.1) is 11.3 Å². The van der Waals surface area contributed by atoms with Crippen LogP contribution in [0.1, 0.15) is 18.4 Å². The maximum absolute atomic E-state index is 11.9. The number of fused-ring (bicyclic) bond motifs is 1. The Labute approximate surface area is 125 Å². The molecule has 1 amide bonds. The van der Waals surface area contributed by atoms with Crippen LogP contribution in [0.2, 0.25) is 0 Å². The lowest BCUT2D eigenvalue weighted by Crippen LogP contribution is -2.39. The van der Waals surface area contributed by atoms with E-state index in [1.54, 1.807) is 19.1 Å². The van der Waals surface area contributed by atoms with E-state index in [1.165, 1.54) is 17.6 Å². The Morgan fingerprint density at radius 1 is 1.62 bits per heavy atom. The summed E-state index contributed by atoms with van der Waals surface area (Å²) in [5, 5.41) is 14.9. The highest BCUT2D eigenvalue weighted by atomic mass is 32.1. The zero-order valence-electron chi connectivity index (χ0n) is 11.4. The molecule has 3 heterocycles. The number of imidazole rings is 1. The molecule has 1 atom stereocenters. The van der Waals surface area contributed by atoms with E-state index >= 15 is 0 Å². The number of nitrogens with one attached hydrogen (secondary N) is 1. The Kier molecular flexibility index (Phi) is 3.52. The number of thiazole rings is 1. The summed E-state index contributed by atoms with van der Waals surface area (Å²) in [6.45, 7) is 1.68. The van der Waals surface area contributed by atoms with Crippen molar-refractivity contribution in [3.8, 4) is 0 Å². The number of furan rings is 1. The van der Waals surface area contributed by atoms with E-state index in [0.29, 0.717) is 11.5 Å². The van der Waals surface area contributed by atoms with Gasteiger partial charge in [-0.2, -0.15) is 0 Å². The van der Waals surface area contributed by atoms with Gasteiger partial charge in [0.2, 0.25) is 5.91 Å². The Morgan fingerprint density at radius 3 is 3.19 bits per heavy atom. The third-order valence-corrected chi connectivity index (χ3v) is 3.94. The first-order valence-corrected chi connectivity index (χ1v) is 7.37. The minimum atomic E-state index is -1.23. The van der Waals surface area contributed by atoms with Crippen LogP contribution in [-0.2, 0) is 16.8 Å². The second-order valence-corrected chi connectivity index (χ2v) is 5.90. The Bertz CT molecular complexity index is 714. The number of aliphatic hydroxyl groups is 1. The summed E-state index contributed by atoms with van der Waals surface area (Å²) in [5.41, 5.74) is -0.523. The standard InChI is InChI=1S/C14H15N3O3S/c1-14(19,11-3-2-5-20-11)9-15-12(18)7-10-8-17-4-6-21-13(17)16-10/h2-6,8,19H,7,9H2,1H3,(H,15,18). The van der Waals surface area contributed by atoms with Gasteiger partial charge in [0.05, 0.1) is 24.9 Å². The molecule has 0 aliphatic carbocycles. The van der Waals surface area contributed by atoms with Crippen LogP contribution in [0.15, 0.2) is 40.6 Å². The topological polar surface area (TPSA) is 79.8 Å². The molecule has 21 heavy (non-hydrogen) atoms. The van der Waals surface area contributed by atoms with Crippen LogP contribution >= 0.6 is 11.3 Å². The molecule has 0 aliphatic heterocycles. The summed E-state index contributed by atoms with van der Waals surface area (Å²) < 4.78 is 7.04. The Morgan fingerprint density at radius 2 is 2.48 bits per heavy atom. The molecule has 0 aromatic carbocycles. The molecule has 7 heteroatoms. The zero-order chi connectivity index (χ0) is 14.9. The highest BCUT2D eigenvalue weighted by Crippen LogP contribution is 2.19. The molecule has 110 valence electrons. The molecule has 0 spiro atoms. The number of hydrogen-bond donors (Lipinski definition) is 2. The van der Waals surface area contributed by atoms with E-state index in [9.17, 15) is 9.90 Å². The molecule has 6 nitrogen and oxygen atoms in total. The normalized spacial score (nSPS) is 14.2. The number of carbonyl (C=O) groups excluding carboxylic acids is 1. The quantitative estimate of drug-likeness (QED) is 0.749. The third-order valence-electron chi connectivity index (χ3n) is 3.17. The molecule has 2 N–H and O–H groups in total. The first kappa shape index (κ1) is 13.8. The van der Waals surface area contributed by atoms with Crippen LogP contribution in [0.4, 0.5) is 0 Å². The van der Waals surface area contributed by atoms with Crippen LogP contribution in [0.3, 0.4) is 0 Å². The van der Waals surface area contributed by atoms with Crippen LogP contribution < -0.4 is 5.32 Å². The highest BCUT2D eigenvalue weighted by Gasteiger charge is 2.26. The molecular formula is C14H15N3O3S. The second kappa shape index (κ2) is 5.34. The van der Waals surface area contributed by atoms with E-state index in [2.05, 4.69) is 10.3 Å². The zero-order valence-corrected chi connectivity index (χ0v) is 12.3. The monoisotopic (exact) mass is 305 g/mol. The van der Waals surface area contributed by atoms with Crippen molar-refractivity contribution in [2.45, 2.75) is 18.9 Å². The molecule has 3 aromatic heterocycles. The summed E-state index contributed by atoms with van der Waals surface area (Å²) in [4.78, 5) is 17.1. The van der Waals surface area contributed by atoms with Gasteiger partial charge in [-0.05, 0) is 19.1 Å². The van der Waals surface area contributed by atoms with Crippen molar-refractivity contribution in [3.63, 3.8) is 0 Å². The lowest BCUT2D eigenvalue weighted by Gasteiger charge is -2.20. The van der Waals surface area contributed by atoms with Crippen LogP contribution in [-0.4, -0.2) is 26.9 Å². The van der Waals surface area contributed by atoms with Crippen molar-refractivity contribution in [2.24, 2.45) is 0 Å². The summed E-state index contributed by atoms with van der Waals surface area (Å²) in [6.07, 6.45) is 5.40. The largest absolute Gasteiger partial charge is 0.466 e. The van der Waals surface area contributed by atoms with Crippen molar-refractivity contribution in [3.05, 3.63) is 47.6 Å². The average molecular weight is 305 g/mol. The van der Waals surface area contributed by atoms with Crippen molar-refractivity contribution in [1.29, 1.82) is 0 Å². The van der Waals surface area contributed by atoms with Gasteiger partial charge in [0.15, 0.2) is 4.96 Å². The molecule has 1 unspecified atom stereocenters. The van der Waals surface area contributed by atoms with E-state index in [-0.39, 0.29) is 18.9 Å². The fraction of sp³-hybridized carbons (Fsp3) is 0.286. The summed E-state index contributed by atoms with van der Waals surface area (Å²) in [6, 6.07) is 3.37. The smallest absolute Gasteiger partial charge is 0.226 e. The van der Waals surface area contributed by atoms with Gasteiger partial charge < -0.3 is 14.8 Å². The minimum Gasteiger partial charge on any atom is -0.466 e. The van der Waals surface area contributed by atoms with Gasteiger partial charge in [-0.1, -0.05) is 0 Å². The molecule has 0 saturated heterocycles. The minimum absolute atomic E-state index is 0.0849. The van der Waals surface area contributed by atoms with Gasteiger partial charge in [-0.25, -0.2) is 4.98 Å². The van der Waals surface area contributed by atoms with Crippen molar-refractivity contribution in [1.82, 2.24) is 14.7 Å². The second-order valence-electron chi connectivity index (χ2n) is 5.03. The molecule has 0 fully saturated rings. The first-order chi connectivity index (χ1) is 10.0. The predicted octanol–water partition coefficient (Wildman–Crippen LogP) is 1.56. The van der Waals surface area contributed by atoms with Gasteiger partial charge >= 0.3 is 0 Å². The third kappa shape index (κ3) is 2.98. The fourth-order valence-electron chi connectivity index (χ4n) is 2.03. The predicted molar refractivity (Wildman–Crippen MR) is 78.1 cm³/mol. The van der Waals surface area contributed by atoms with Crippen LogP contribution in [0, 0.1) is 0 Å². The van der Waals surface area contributed by atoms with Gasteiger partial charge in [-0.3, -0.25) is 9.20 Å². The van der Waals surface area contributed by atoms with Crippen molar-refractivity contribution >= 4 is 22.2 Å². The van der Waals surface area contributed by atoms with Gasteiger partial charge in [0.25, 0.3) is 0 Å². The molecule has 0 radical (unpaired) electrons. The van der Waals surface area contributed by atoms with E-state index < -0.39 is 5.60 Å². The number of rotatable bonds is 5. The van der Waals surface area contributed by atoms with Gasteiger partial charge in [0.1, 0.15) is 11.4 Å². The van der Waals surface area contributed by atoms with E-state index in [4.69, 9.17) is 4.42 Å². The van der Waals surface area contributed by atoms with E-state index in [0.717, 1.165) is 4.96 Å². The van der Waals surface area contributed by atoms with Crippen molar-refractivity contribution in [2.75, 3.05) is 6.54 Å². The number of hydrogen-bond acceptors (Lipinski definition) is 5. The number of aromatic nitrogens is 2. The molecule has 3 rings (SSSR count). The highest BCUT2D eigenvalue weighted by molar-refractivity contribution is 7.15. The summed E-state index contributed by atoms with van der Waals surface area (Å²) >= 11 is 1.52. The first-order valence-electron chi connectivity index (χ1n) is 6.49. The van der Waals surface area contributed by atoms with E-state index in [1.807, 2.05) is 22.2 Å².